The first kappa shape index (κ1) is 15.9. The summed E-state index contributed by atoms with van der Waals surface area (Å²) in [7, 11) is 0. The number of carbonyl (C=O) groups is 2. The van der Waals surface area contributed by atoms with Crippen LogP contribution in [0, 0.1) is 0 Å². The van der Waals surface area contributed by atoms with Crippen LogP contribution in [0.3, 0.4) is 0 Å². The Kier molecular flexibility index (Phi) is 7.91. The number of hydrogen-bond donors (Lipinski definition) is 2. The van der Waals surface area contributed by atoms with Gasteiger partial charge >= 0.3 is 12.2 Å². The maximum Gasteiger partial charge on any atom is 0.427 e. The quantitative estimate of drug-likeness (QED) is 0.373. The maximum absolute atomic E-state index is 10.6. The summed E-state index contributed by atoms with van der Waals surface area (Å²) in [6.07, 6.45) is 0.615. The summed E-state index contributed by atoms with van der Waals surface area (Å²) in [5.74, 6) is 0. The zero-order chi connectivity index (χ0) is 14.0. The van der Waals surface area contributed by atoms with Gasteiger partial charge in [-0.05, 0) is 12.8 Å². The van der Waals surface area contributed by atoms with Gasteiger partial charge in [-0.25, -0.2) is 9.59 Å². The van der Waals surface area contributed by atoms with Crippen molar-refractivity contribution in [3.8, 4) is 0 Å². The third-order valence-electron chi connectivity index (χ3n) is 2.27. The van der Waals surface area contributed by atoms with Crippen molar-refractivity contribution >= 4 is 25.6 Å². The van der Waals surface area contributed by atoms with E-state index in [-0.39, 0.29) is 0 Å². The van der Waals surface area contributed by atoms with Crippen molar-refractivity contribution in [2.24, 2.45) is 10.2 Å². The van der Waals surface area contributed by atoms with Crippen LogP contribution in [0.5, 0.6) is 0 Å². The molecule has 0 saturated heterocycles. The topological polar surface area (TPSA) is 106 Å². The normalized spacial score (nSPS) is 9.56. The Morgan fingerprint density at radius 2 is 1.17 bits per heavy atom. The third-order valence-corrected chi connectivity index (χ3v) is 2.27. The van der Waals surface area contributed by atoms with Crippen LogP contribution >= 0.6 is 0 Å². The zero-order valence-electron chi connectivity index (χ0n) is 10.2. The molecule has 8 nitrogen and oxygen atoms in total. The summed E-state index contributed by atoms with van der Waals surface area (Å²) in [4.78, 5) is 21.1. The van der Waals surface area contributed by atoms with Crippen LogP contribution in [0.2, 0.25) is 0 Å². The second kappa shape index (κ2) is 8.97. The summed E-state index contributed by atoms with van der Waals surface area (Å²) in [6.45, 7) is 6.90. The van der Waals surface area contributed by atoms with Gasteiger partial charge in [0.15, 0.2) is 0 Å². The second-order valence-electron chi connectivity index (χ2n) is 3.51. The molecule has 0 spiro atoms. The van der Waals surface area contributed by atoms with Crippen molar-refractivity contribution < 1.29 is 19.8 Å². The molecule has 2 amide bonds. The van der Waals surface area contributed by atoms with Crippen LogP contribution in [-0.2, 0) is 0 Å². The molecule has 0 aliphatic carbocycles. The van der Waals surface area contributed by atoms with Gasteiger partial charge in [0.2, 0.25) is 0 Å². The van der Waals surface area contributed by atoms with Crippen molar-refractivity contribution in [2.75, 3.05) is 13.1 Å². The zero-order valence-corrected chi connectivity index (χ0v) is 10.2. The van der Waals surface area contributed by atoms with E-state index in [4.69, 9.17) is 10.2 Å². The third kappa shape index (κ3) is 6.46. The van der Waals surface area contributed by atoms with Crippen molar-refractivity contribution in [1.29, 1.82) is 0 Å². The molecule has 102 valence electrons. The first-order chi connectivity index (χ1) is 8.52. The Morgan fingerprint density at radius 3 is 1.39 bits per heavy atom. The molecular formula is C10H18N4O4. The molecule has 2 N–H and O–H groups in total. The molecular weight excluding hydrogens is 240 g/mol. The van der Waals surface area contributed by atoms with Gasteiger partial charge in [-0.1, -0.05) is 12.8 Å². The number of amides is 2. The fraction of sp³-hybridized carbons (Fsp3) is 0.600. The molecule has 0 saturated carbocycles. The SMILES string of the molecule is C=NN(CCCCCCN(N=C)C(=O)O)C(=O)O. The lowest BCUT2D eigenvalue weighted by atomic mass is 10.2. The van der Waals surface area contributed by atoms with Gasteiger partial charge in [0.05, 0.1) is 0 Å². The van der Waals surface area contributed by atoms with Gasteiger partial charge in [0.25, 0.3) is 0 Å². The Hall–Kier alpha value is -2.12. The number of hydrogen-bond acceptors (Lipinski definition) is 4. The molecule has 0 unspecified atom stereocenters. The van der Waals surface area contributed by atoms with Gasteiger partial charge in [-0.15, -0.1) is 0 Å². The summed E-state index contributed by atoms with van der Waals surface area (Å²) >= 11 is 0. The van der Waals surface area contributed by atoms with Gasteiger partial charge < -0.3 is 10.2 Å². The van der Waals surface area contributed by atoms with Crippen molar-refractivity contribution in [3.05, 3.63) is 0 Å². The summed E-state index contributed by atoms with van der Waals surface area (Å²) in [5, 5.41) is 25.7. The van der Waals surface area contributed by atoms with E-state index in [0.29, 0.717) is 25.9 Å². The predicted octanol–water partition coefficient (Wildman–Crippen LogP) is 1.74. The average molecular weight is 258 g/mol. The van der Waals surface area contributed by atoms with Crippen LogP contribution in [0.15, 0.2) is 10.2 Å². The molecule has 0 aliphatic heterocycles. The van der Waals surface area contributed by atoms with E-state index in [1.807, 2.05) is 0 Å². The number of carboxylic acid groups (broad SMARTS) is 2. The first-order valence-electron chi connectivity index (χ1n) is 5.47. The van der Waals surface area contributed by atoms with E-state index in [2.05, 4.69) is 23.6 Å². The standard InChI is InChI=1S/C10H18N4O4/c1-11-13(9(15)16)7-5-3-4-6-8-14(12-2)10(17)18/h1-8H2,(H,15,16)(H,17,18). The Morgan fingerprint density at radius 1 is 0.833 bits per heavy atom. The minimum Gasteiger partial charge on any atom is -0.464 e. The molecule has 0 aliphatic rings. The molecule has 8 heteroatoms. The smallest absolute Gasteiger partial charge is 0.427 e. The predicted molar refractivity (Wildman–Crippen MR) is 67.0 cm³/mol. The van der Waals surface area contributed by atoms with Gasteiger partial charge in [0.1, 0.15) is 0 Å². The lowest BCUT2D eigenvalue weighted by Crippen LogP contribution is -2.25. The van der Waals surface area contributed by atoms with Crippen molar-refractivity contribution in [1.82, 2.24) is 10.0 Å². The highest BCUT2D eigenvalue weighted by molar-refractivity contribution is 5.65. The molecule has 0 bridgehead atoms. The molecule has 18 heavy (non-hydrogen) atoms. The van der Waals surface area contributed by atoms with Gasteiger partial charge in [0, 0.05) is 26.5 Å². The van der Waals surface area contributed by atoms with Crippen LogP contribution in [0.1, 0.15) is 25.7 Å². The largest absolute Gasteiger partial charge is 0.464 e. The molecule has 0 radical (unpaired) electrons. The number of rotatable bonds is 9. The van der Waals surface area contributed by atoms with Gasteiger partial charge in [-0.3, -0.25) is 0 Å². The second-order valence-corrected chi connectivity index (χ2v) is 3.51. The van der Waals surface area contributed by atoms with Crippen LogP contribution < -0.4 is 0 Å². The minimum absolute atomic E-state index is 0.293. The molecule has 0 fully saturated rings. The van der Waals surface area contributed by atoms with E-state index in [1.54, 1.807) is 0 Å². The summed E-state index contributed by atoms with van der Waals surface area (Å²) in [5.41, 5.74) is 0. The molecule has 0 atom stereocenters. The molecule has 0 heterocycles. The fourth-order valence-corrected chi connectivity index (χ4v) is 1.33. The van der Waals surface area contributed by atoms with Crippen LogP contribution in [-0.4, -0.2) is 58.9 Å². The van der Waals surface area contributed by atoms with E-state index < -0.39 is 12.2 Å². The Labute approximate surface area is 105 Å². The van der Waals surface area contributed by atoms with Crippen molar-refractivity contribution in [3.63, 3.8) is 0 Å². The van der Waals surface area contributed by atoms with Gasteiger partial charge in [-0.2, -0.15) is 20.2 Å². The first-order valence-corrected chi connectivity index (χ1v) is 5.47. The fourth-order valence-electron chi connectivity index (χ4n) is 1.33. The van der Waals surface area contributed by atoms with Crippen molar-refractivity contribution in [2.45, 2.75) is 25.7 Å². The van der Waals surface area contributed by atoms with Crippen LogP contribution in [0.25, 0.3) is 0 Å². The summed E-state index contributed by atoms with van der Waals surface area (Å²) < 4.78 is 0. The summed E-state index contributed by atoms with van der Waals surface area (Å²) in [6, 6.07) is 0. The molecule has 0 rings (SSSR count). The van der Waals surface area contributed by atoms with Crippen LogP contribution in [0.4, 0.5) is 9.59 Å². The van der Waals surface area contributed by atoms with E-state index in [0.717, 1.165) is 22.9 Å². The van der Waals surface area contributed by atoms with E-state index >= 15 is 0 Å². The Bertz CT molecular complexity index is 278. The lowest BCUT2D eigenvalue weighted by Gasteiger charge is -2.13. The van der Waals surface area contributed by atoms with E-state index in [9.17, 15) is 9.59 Å². The maximum atomic E-state index is 10.6. The highest BCUT2D eigenvalue weighted by Gasteiger charge is 2.09. The Balaban J connectivity index is 3.62. The number of nitrogens with zero attached hydrogens (tertiary/aromatic N) is 4. The highest BCUT2D eigenvalue weighted by atomic mass is 16.4. The molecule has 0 aromatic rings. The number of hydrazone groups is 2. The lowest BCUT2D eigenvalue weighted by molar-refractivity contribution is 0.143. The number of unbranched alkanes of at least 4 members (excludes halogenated alkanes) is 3. The minimum atomic E-state index is -1.13. The highest BCUT2D eigenvalue weighted by Crippen LogP contribution is 2.04. The monoisotopic (exact) mass is 258 g/mol. The molecule has 0 aromatic heterocycles. The average Bonchev–Trinajstić information content (AvgIpc) is 2.32. The van der Waals surface area contributed by atoms with E-state index in [1.165, 1.54) is 0 Å². The molecule has 0 aromatic carbocycles.